The van der Waals surface area contributed by atoms with Crippen LogP contribution in [-0.2, 0) is 0 Å². The lowest BCUT2D eigenvalue weighted by Gasteiger charge is -2.46. The molecule has 0 atom stereocenters. The molecule has 3 N–H and O–H groups in total. The highest BCUT2D eigenvalue weighted by atomic mass is 19.1. The summed E-state index contributed by atoms with van der Waals surface area (Å²) in [7, 11) is 3.17. The first kappa shape index (κ1) is 22.1. The average molecular weight is 418 g/mol. The number of rotatable bonds is 6. The van der Waals surface area contributed by atoms with Gasteiger partial charge in [-0.2, -0.15) is 4.98 Å². The van der Waals surface area contributed by atoms with Crippen molar-refractivity contribution in [3.8, 4) is 11.5 Å². The second-order valence-corrected chi connectivity index (χ2v) is 9.18. The molecule has 8 heteroatoms. The fraction of sp³-hybridized carbons (Fsp3) is 0.545. The van der Waals surface area contributed by atoms with E-state index in [1.54, 1.807) is 14.2 Å². The summed E-state index contributed by atoms with van der Waals surface area (Å²) in [6.45, 7) is 10.6. The Balaban J connectivity index is 1.82. The van der Waals surface area contributed by atoms with Crippen LogP contribution < -0.4 is 25.4 Å². The van der Waals surface area contributed by atoms with Gasteiger partial charge in [0.05, 0.1) is 20.4 Å². The molecule has 2 aromatic rings. The van der Waals surface area contributed by atoms with E-state index in [1.165, 1.54) is 6.20 Å². The molecule has 1 aromatic carbocycles. The van der Waals surface area contributed by atoms with E-state index in [1.807, 2.05) is 19.1 Å². The number of benzene rings is 1. The maximum atomic E-state index is 14.5. The Morgan fingerprint density at radius 1 is 1.07 bits per heavy atom. The third kappa shape index (κ3) is 5.11. The smallest absolute Gasteiger partial charge is 0.229 e. The van der Waals surface area contributed by atoms with E-state index in [2.05, 4.69) is 53.6 Å². The van der Waals surface area contributed by atoms with Crippen LogP contribution in [-0.4, -0.2) is 41.3 Å². The first-order valence-corrected chi connectivity index (χ1v) is 10.1. The van der Waals surface area contributed by atoms with Gasteiger partial charge in [-0.3, -0.25) is 0 Å². The SMILES string of the molecule is COc1cc(C)c(Nc2ncc(F)c(NC3CC(C)(C)NC(C)(C)C3)n2)cc1OC. The van der Waals surface area contributed by atoms with Crippen molar-refractivity contribution in [2.75, 3.05) is 24.9 Å². The van der Waals surface area contributed by atoms with Gasteiger partial charge in [0.15, 0.2) is 23.1 Å². The van der Waals surface area contributed by atoms with E-state index < -0.39 is 5.82 Å². The number of nitrogens with one attached hydrogen (secondary N) is 3. The van der Waals surface area contributed by atoms with E-state index in [4.69, 9.17) is 9.47 Å². The largest absolute Gasteiger partial charge is 0.493 e. The second kappa shape index (κ2) is 8.26. The number of anilines is 3. The van der Waals surface area contributed by atoms with Crippen LogP contribution in [0.15, 0.2) is 18.3 Å². The zero-order valence-electron chi connectivity index (χ0n) is 18.8. The molecule has 1 aliphatic rings. The number of aryl methyl sites for hydroxylation is 1. The number of aromatic nitrogens is 2. The van der Waals surface area contributed by atoms with Crippen molar-refractivity contribution in [2.24, 2.45) is 0 Å². The van der Waals surface area contributed by atoms with Crippen LogP contribution in [0.3, 0.4) is 0 Å². The van der Waals surface area contributed by atoms with Gasteiger partial charge in [-0.25, -0.2) is 9.37 Å². The Morgan fingerprint density at radius 3 is 2.27 bits per heavy atom. The Bertz CT molecular complexity index is 901. The van der Waals surface area contributed by atoms with Crippen LogP contribution in [0.1, 0.15) is 46.1 Å². The Hall–Kier alpha value is -2.61. The molecule has 0 spiro atoms. The highest BCUT2D eigenvalue weighted by Crippen LogP contribution is 2.34. The van der Waals surface area contributed by atoms with Gasteiger partial charge in [0, 0.05) is 28.9 Å². The molecule has 0 amide bonds. The Labute approximate surface area is 177 Å². The Kier molecular flexibility index (Phi) is 6.08. The molecule has 1 aliphatic heterocycles. The van der Waals surface area contributed by atoms with Gasteiger partial charge in [-0.1, -0.05) is 0 Å². The summed E-state index contributed by atoms with van der Waals surface area (Å²) in [5, 5.41) is 10.1. The fourth-order valence-corrected chi connectivity index (χ4v) is 4.38. The van der Waals surface area contributed by atoms with Crippen molar-refractivity contribution < 1.29 is 13.9 Å². The normalized spacial score (nSPS) is 18.0. The van der Waals surface area contributed by atoms with Crippen LogP contribution >= 0.6 is 0 Å². The van der Waals surface area contributed by atoms with E-state index in [-0.39, 0.29) is 22.9 Å². The van der Waals surface area contributed by atoms with Crippen molar-refractivity contribution in [1.29, 1.82) is 0 Å². The highest BCUT2D eigenvalue weighted by Gasteiger charge is 2.38. The van der Waals surface area contributed by atoms with E-state index in [9.17, 15) is 4.39 Å². The van der Waals surface area contributed by atoms with Gasteiger partial charge in [-0.15, -0.1) is 0 Å². The maximum Gasteiger partial charge on any atom is 0.229 e. The summed E-state index contributed by atoms with van der Waals surface area (Å²) in [6, 6.07) is 3.77. The van der Waals surface area contributed by atoms with Gasteiger partial charge in [-0.05, 0) is 59.1 Å². The lowest BCUT2D eigenvalue weighted by molar-refractivity contribution is 0.170. The standard InChI is InChI=1S/C22H32FN5O2/c1-13-8-17(29-6)18(30-7)9-16(13)26-20-24-12-15(23)19(27-20)25-14-10-21(2,3)28-22(4,5)11-14/h8-9,12,14,28H,10-11H2,1-7H3,(H2,24,25,26,27). The van der Waals surface area contributed by atoms with Crippen LogP contribution in [0.25, 0.3) is 0 Å². The number of hydrogen-bond donors (Lipinski definition) is 3. The second-order valence-electron chi connectivity index (χ2n) is 9.18. The summed E-state index contributed by atoms with van der Waals surface area (Å²) < 4.78 is 25.2. The summed E-state index contributed by atoms with van der Waals surface area (Å²) in [5.74, 6) is 1.26. The predicted octanol–water partition coefficient (Wildman–Crippen LogP) is 4.41. The minimum absolute atomic E-state index is 0.0548. The molecule has 2 heterocycles. The van der Waals surface area contributed by atoms with Crippen molar-refractivity contribution >= 4 is 17.5 Å². The molecule has 0 bridgehead atoms. The molecule has 1 fully saturated rings. The molecule has 164 valence electrons. The Morgan fingerprint density at radius 2 is 1.67 bits per heavy atom. The van der Waals surface area contributed by atoms with Crippen molar-refractivity contribution in [3.05, 3.63) is 29.7 Å². The molecule has 0 radical (unpaired) electrons. The zero-order chi connectivity index (χ0) is 22.1. The van der Waals surface area contributed by atoms with Gasteiger partial charge < -0.3 is 25.4 Å². The van der Waals surface area contributed by atoms with Crippen LogP contribution in [0, 0.1) is 12.7 Å². The predicted molar refractivity (Wildman–Crippen MR) is 117 cm³/mol. The van der Waals surface area contributed by atoms with Gasteiger partial charge in [0.1, 0.15) is 0 Å². The zero-order valence-corrected chi connectivity index (χ0v) is 18.8. The molecule has 0 unspecified atom stereocenters. The first-order chi connectivity index (χ1) is 14.0. The summed E-state index contributed by atoms with van der Waals surface area (Å²) in [6.07, 6.45) is 2.90. The lowest BCUT2D eigenvalue weighted by atomic mass is 9.79. The number of methoxy groups -OCH3 is 2. The number of halogens is 1. The average Bonchev–Trinajstić information content (AvgIpc) is 2.63. The maximum absolute atomic E-state index is 14.5. The van der Waals surface area contributed by atoms with Gasteiger partial charge in [0.2, 0.25) is 5.95 Å². The fourth-order valence-electron chi connectivity index (χ4n) is 4.38. The molecule has 3 rings (SSSR count). The summed E-state index contributed by atoms with van der Waals surface area (Å²) >= 11 is 0. The van der Waals surface area contributed by atoms with E-state index >= 15 is 0 Å². The summed E-state index contributed by atoms with van der Waals surface area (Å²) in [4.78, 5) is 8.50. The molecule has 0 saturated carbocycles. The summed E-state index contributed by atoms with van der Waals surface area (Å²) in [5.41, 5.74) is 1.58. The van der Waals surface area contributed by atoms with Gasteiger partial charge >= 0.3 is 0 Å². The van der Waals surface area contributed by atoms with Crippen LogP contribution in [0.5, 0.6) is 11.5 Å². The number of piperidine rings is 1. The molecular weight excluding hydrogens is 385 g/mol. The van der Waals surface area contributed by atoms with Crippen LogP contribution in [0.4, 0.5) is 21.8 Å². The minimum atomic E-state index is -0.473. The molecule has 1 aromatic heterocycles. The van der Waals surface area contributed by atoms with Crippen molar-refractivity contribution in [3.63, 3.8) is 0 Å². The van der Waals surface area contributed by atoms with Crippen molar-refractivity contribution in [2.45, 2.75) is 64.6 Å². The number of nitrogens with zero attached hydrogens (tertiary/aromatic N) is 2. The third-order valence-corrected chi connectivity index (χ3v) is 5.25. The number of ether oxygens (including phenoxy) is 2. The topological polar surface area (TPSA) is 80.3 Å². The van der Waals surface area contributed by atoms with E-state index in [0.29, 0.717) is 17.4 Å². The monoisotopic (exact) mass is 417 g/mol. The molecule has 1 saturated heterocycles. The molecule has 7 nitrogen and oxygen atoms in total. The number of hydrogen-bond acceptors (Lipinski definition) is 7. The third-order valence-electron chi connectivity index (χ3n) is 5.25. The minimum Gasteiger partial charge on any atom is -0.493 e. The van der Waals surface area contributed by atoms with E-state index in [0.717, 1.165) is 24.1 Å². The molecule has 30 heavy (non-hydrogen) atoms. The van der Waals surface area contributed by atoms with Gasteiger partial charge in [0.25, 0.3) is 0 Å². The first-order valence-electron chi connectivity index (χ1n) is 10.1. The highest BCUT2D eigenvalue weighted by molar-refractivity contribution is 5.65. The molecule has 0 aliphatic carbocycles. The lowest BCUT2D eigenvalue weighted by Crippen LogP contribution is -2.60. The molecular formula is C22H32FN5O2. The van der Waals surface area contributed by atoms with Crippen molar-refractivity contribution in [1.82, 2.24) is 15.3 Å². The quantitative estimate of drug-likeness (QED) is 0.642. The van der Waals surface area contributed by atoms with Crippen LogP contribution in [0.2, 0.25) is 0 Å².